The molecular formula is C6H3F6NaO4. The summed E-state index contributed by atoms with van der Waals surface area (Å²) in [6, 6.07) is 0. The van der Waals surface area contributed by atoms with E-state index < -0.39 is 36.8 Å². The van der Waals surface area contributed by atoms with E-state index in [1.54, 1.807) is 0 Å². The molecule has 0 amide bonds. The molecule has 94 valence electrons. The largest absolute Gasteiger partial charge is 1.00 e. The zero-order valence-electron chi connectivity index (χ0n) is 8.19. The molecule has 1 fully saturated rings. The van der Waals surface area contributed by atoms with Gasteiger partial charge in [0, 0.05) is 0 Å². The molecule has 1 atom stereocenters. The van der Waals surface area contributed by atoms with Crippen molar-refractivity contribution < 1.29 is 75.3 Å². The first-order valence-corrected chi connectivity index (χ1v) is 3.67. The average Bonchev–Trinajstić information content (AvgIpc) is 2.44. The molecule has 11 heteroatoms. The van der Waals surface area contributed by atoms with E-state index in [1.807, 2.05) is 0 Å². The second-order valence-electron chi connectivity index (χ2n) is 2.85. The molecule has 0 aliphatic carbocycles. The van der Waals surface area contributed by atoms with Crippen LogP contribution in [-0.4, -0.2) is 36.8 Å². The maximum atomic E-state index is 12.2. The van der Waals surface area contributed by atoms with E-state index in [-0.39, 0.29) is 29.6 Å². The van der Waals surface area contributed by atoms with Gasteiger partial charge in [0.15, 0.2) is 0 Å². The van der Waals surface area contributed by atoms with Gasteiger partial charge < -0.3 is 19.4 Å². The van der Waals surface area contributed by atoms with Crippen molar-refractivity contribution in [2.24, 2.45) is 0 Å². The number of hydrogen-bond acceptors (Lipinski definition) is 4. The van der Waals surface area contributed by atoms with Crippen molar-refractivity contribution in [3.05, 3.63) is 0 Å². The van der Waals surface area contributed by atoms with Crippen LogP contribution in [0.3, 0.4) is 0 Å². The molecule has 1 rings (SSSR count). The van der Waals surface area contributed by atoms with Crippen molar-refractivity contribution in [3.63, 3.8) is 0 Å². The van der Waals surface area contributed by atoms with Gasteiger partial charge in [-0.15, -0.1) is 0 Å². The normalized spacial score (nSPS) is 24.2. The Kier molecular flexibility index (Phi) is 4.91. The van der Waals surface area contributed by atoms with Gasteiger partial charge in [-0.2, -0.15) is 26.3 Å². The van der Waals surface area contributed by atoms with Gasteiger partial charge in [0.1, 0.15) is 6.10 Å². The second-order valence-corrected chi connectivity index (χ2v) is 2.85. The molecule has 0 aromatic carbocycles. The number of carbonyl (C=O) groups is 1. The van der Waals surface area contributed by atoms with Gasteiger partial charge in [0.25, 0.3) is 0 Å². The first kappa shape index (κ1) is 17.0. The Hall–Kier alpha value is -0.0300. The van der Waals surface area contributed by atoms with Crippen LogP contribution in [0.2, 0.25) is 0 Å². The van der Waals surface area contributed by atoms with Gasteiger partial charge in [0.2, 0.25) is 0 Å². The Bertz CT molecular complexity index is 286. The Balaban J connectivity index is 0.00000256. The molecule has 4 nitrogen and oxygen atoms in total. The summed E-state index contributed by atoms with van der Waals surface area (Å²) in [7, 11) is 0. The molecule has 17 heavy (non-hydrogen) atoms. The summed E-state index contributed by atoms with van der Waals surface area (Å²) < 4.78 is 79.8. The molecule has 0 aromatic heterocycles. The quantitative estimate of drug-likeness (QED) is 0.378. The Morgan fingerprint density at radius 3 is 1.76 bits per heavy atom. The summed E-state index contributed by atoms with van der Waals surface area (Å²) in [6.45, 7) is -1.39. The maximum Gasteiger partial charge on any atom is 1.00 e. The molecule has 0 bridgehead atoms. The molecule has 1 aliphatic rings. The summed E-state index contributed by atoms with van der Waals surface area (Å²) in [4.78, 5) is 10.1. The van der Waals surface area contributed by atoms with Crippen molar-refractivity contribution in [3.8, 4) is 0 Å². The van der Waals surface area contributed by atoms with E-state index >= 15 is 0 Å². The molecule has 1 heterocycles. The van der Waals surface area contributed by atoms with Gasteiger partial charge in [0.05, 0.1) is 12.6 Å². The minimum Gasteiger partial charge on any atom is -0.547 e. The smallest absolute Gasteiger partial charge is 0.547 e. The summed E-state index contributed by atoms with van der Waals surface area (Å²) in [6.07, 6.45) is -14.3. The fourth-order valence-electron chi connectivity index (χ4n) is 1.04. The number of carboxylic acid groups (broad SMARTS) is 1. The standard InChI is InChI=1S/C6H4F6O4.Na/c7-5(8,9)4(6(10,11)12)15-1-2(16-4)3(13)14;/h2H,1H2,(H,13,14);/q;+1/p-1. The third-order valence-corrected chi connectivity index (χ3v) is 1.76. The van der Waals surface area contributed by atoms with Gasteiger partial charge in [-0.05, 0) is 0 Å². The van der Waals surface area contributed by atoms with Crippen LogP contribution in [0.1, 0.15) is 0 Å². The molecule has 1 saturated heterocycles. The third-order valence-electron chi connectivity index (χ3n) is 1.76. The van der Waals surface area contributed by atoms with Gasteiger partial charge in [-0.1, -0.05) is 0 Å². The van der Waals surface area contributed by atoms with Crippen LogP contribution in [0.25, 0.3) is 0 Å². The summed E-state index contributed by atoms with van der Waals surface area (Å²) >= 11 is 0. The number of ether oxygens (including phenoxy) is 2. The number of aliphatic carboxylic acids is 1. The van der Waals surface area contributed by atoms with E-state index in [2.05, 4.69) is 9.47 Å². The molecule has 1 aliphatic heterocycles. The van der Waals surface area contributed by atoms with E-state index in [1.165, 1.54) is 0 Å². The third kappa shape index (κ3) is 2.87. The predicted molar refractivity (Wildman–Crippen MR) is 30.7 cm³/mol. The first-order chi connectivity index (χ1) is 7.01. The van der Waals surface area contributed by atoms with Gasteiger partial charge >= 0.3 is 47.7 Å². The molecule has 0 radical (unpaired) electrons. The van der Waals surface area contributed by atoms with Crippen molar-refractivity contribution >= 4 is 5.97 Å². The van der Waals surface area contributed by atoms with E-state index in [0.29, 0.717) is 0 Å². The van der Waals surface area contributed by atoms with Crippen LogP contribution in [0.15, 0.2) is 0 Å². The van der Waals surface area contributed by atoms with Crippen LogP contribution in [0, 0.1) is 0 Å². The second kappa shape index (κ2) is 4.92. The number of carbonyl (C=O) groups excluding carboxylic acids is 1. The van der Waals surface area contributed by atoms with Crippen LogP contribution >= 0.6 is 0 Å². The number of alkyl halides is 6. The minimum absolute atomic E-state index is 0. The zero-order chi connectivity index (χ0) is 12.8. The molecule has 0 spiro atoms. The molecule has 0 saturated carbocycles. The summed E-state index contributed by atoms with van der Waals surface area (Å²) in [5.74, 6) is -7.11. The fourth-order valence-corrected chi connectivity index (χ4v) is 1.04. The van der Waals surface area contributed by atoms with Gasteiger partial charge in [-0.25, -0.2) is 0 Å². The molecule has 0 N–H and O–H groups in total. The Labute approximate surface area is 112 Å². The summed E-state index contributed by atoms with van der Waals surface area (Å²) in [5, 5.41) is 10.1. The minimum atomic E-state index is -5.94. The average molecular weight is 276 g/mol. The van der Waals surface area contributed by atoms with E-state index in [0.717, 1.165) is 0 Å². The number of hydrogen-bond donors (Lipinski definition) is 0. The monoisotopic (exact) mass is 276 g/mol. The number of rotatable bonds is 1. The molecule has 1 unspecified atom stereocenters. The topological polar surface area (TPSA) is 58.6 Å². The Morgan fingerprint density at radius 2 is 1.59 bits per heavy atom. The predicted octanol–water partition coefficient (Wildman–Crippen LogP) is -3.02. The van der Waals surface area contributed by atoms with Crippen LogP contribution in [-0.2, 0) is 14.3 Å². The zero-order valence-corrected chi connectivity index (χ0v) is 10.2. The summed E-state index contributed by atoms with van der Waals surface area (Å²) in [5.41, 5.74) is 0. The van der Waals surface area contributed by atoms with Gasteiger partial charge in [-0.3, -0.25) is 0 Å². The van der Waals surface area contributed by atoms with E-state index in [9.17, 15) is 36.2 Å². The first-order valence-electron chi connectivity index (χ1n) is 3.67. The fraction of sp³-hybridized carbons (Fsp3) is 0.833. The molecule has 0 aromatic rings. The Morgan fingerprint density at radius 1 is 1.18 bits per heavy atom. The van der Waals surface area contributed by atoms with Crippen LogP contribution in [0.5, 0.6) is 0 Å². The van der Waals surface area contributed by atoms with E-state index in [4.69, 9.17) is 0 Å². The number of halogens is 6. The van der Waals surface area contributed by atoms with Crippen molar-refractivity contribution in [1.29, 1.82) is 0 Å². The SMILES string of the molecule is O=C([O-])C1COC(C(F)(F)F)(C(F)(F)F)O1.[Na+]. The number of carboxylic acids is 1. The van der Waals surface area contributed by atoms with Crippen molar-refractivity contribution in [2.75, 3.05) is 6.61 Å². The van der Waals surface area contributed by atoms with Crippen LogP contribution < -0.4 is 34.7 Å². The molecular weight excluding hydrogens is 273 g/mol. The van der Waals surface area contributed by atoms with Crippen LogP contribution in [0.4, 0.5) is 26.3 Å². The maximum absolute atomic E-state index is 12.2. The van der Waals surface area contributed by atoms with Crippen molar-refractivity contribution in [2.45, 2.75) is 24.2 Å². The van der Waals surface area contributed by atoms with Crippen molar-refractivity contribution in [1.82, 2.24) is 0 Å².